The molecule has 1 aromatic heterocycles. The van der Waals surface area contributed by atoms with Gasteiger partial charge in [0.25, 0.3) is 0 Å². The summed E-state index contributed by atoms with van der Waals surface area (Å²) < 4.78 is 0. The van der Waals surface area contributed by atoms with Crippen LogP contribution in [0.3, 0.4) is 0 Å². The standard InChI is InChI=1S/C10H16N4O4/c1-14(2-3-15)10(18)13-8(9(16)17)4-7-5-11-6-12-7/h5-6,8,15H,2-4H2,1H3,(H,11,12)(H,13,18)(H,16,17). The minimum atomic E-state index is -1.13. The van der Waals surface area contributed by atoms with E-state index in [2.05, 4.69) is 15.3 Å². The highest BCUT2D eigenvalue weighted by atomic mass is 16.4. The van der Waals surface area contributed by atoms with Crippen molar-refractivity contribution in [2.24, 2.45) is 0 Å². The summed E-state index contributed by atoms with van der Waals surface area (Å²) in [5.41, 5.74) is 0.618. The van der Waals surface area contributed by atoms with Crippen LogP contribution < -0.4 is 5.32 Å². The Balaban J connectivity index is 2.58. The number of carbonyl (C=O) groups is 2. The van der Waals surface area contributed by atoms with E-state index < -0.39 is 18.0 Å². The van der Waals surface area contributed by atoms with E-state index in [1.54, 1.807) is 0 Å². The van der Waals surface area contributed by atoms with Crippen LogP contribution in [0.2, 0.25) is 0 Å². The summed E-state index contributed by atoms with van der Waals surface area (Å²) in [7, 11) is 1.47. The van der Waals surface area contributed by atoms with E-state index in [0.29, 0.717) is 5.69 Å². The highest BCUT2D eigenvalue weighted by Crippen LogP contribution is 1.99. The Kier molecular flexibility index (Phi) is 5.12. The van der Waals surface area contributed by atoms with Gasteiger partial charge >= 0.3 is 12.0 Å². The first-order valence-electron chi connectivity index (χ1n) is 5.37. The maximum atomic E-state index is 11.6. The highest BCUT2D eigenvalue weighted by molar-refractivity contribution is 5.82. The quantitative estimate of drug-likeness (QED) is 0.522. The summed E-state index contributed by atoms with van der Waals surface area (Å²) >= 11 is 0. The lowest BCUT2D eigenvalue weighted by atomic mass is 10.1. The molecular formula is C10H16N4O4. The predicted molar refractivity (Wildman–Crippen MR) is 62.0 cm³/mol. The minimum Gasteiger partial charge on any atom is -0.480 e. The van der Waals surface area contributed by atoms with Crippen molar-refractivity contribution in [1.82, 2.24) is 20.2 Å². The Bertz CT molecular complexity index is 393. The first-order valence-corrected chi connectivity index (χ1v) is 5.37. The molecule has 0 spiro atoms. The monoisotopic (exact) mass is 256 g/mol. The number of hydrogen-bond acceptors (Lipinski definition) is 4. The van der Waals surface area contributed by atoms with Crippen LogP contribution in [0.4, 0.5) is 4.79 Å². The van der Waals surface area contributed by atoms with Gasteiger partial charge in [0.2, 0.25) is 0 Å². The van der Waals surface area contributed by atoms with Crippen LogP contribution in [0.1, 0.15) is 5.69 Å². The number of nitrogens with one attached hydrogen (secondary N) is 2. The van der Waals surface area contributed by atoms with Crippen LogP contribution in [0, 0.1) is 0 Å². The van der Waals surface area contributed by atoms with Gasteiger partial charge in [-0.2, -0.15) is 0 Å². The highest BCUT2D eigenvalue weighted by Gasteiger charge is 2.22. The zero-order valence-corrected chi connectivity index (χ0v) is 9.96. The van der Waals surface area contributed by atoms with Crippen molar-refractivity contribution in [2.75, 3.05) is 20.2 Å². The van der Waals surface area contributed by atoms with Crippen molar-refractivity contribution < 1.29 is 19.8 Å². The third kappa shape index (κ3) is 4.06. The number of amides is 2. The molecule has 8 heteroatoms. The fraction of sp³-hybridized carbons (Fsp3) is 0.500. The van der Waals surface area contributed by atoms with E-state index in [4.69, 9.17) is 10.2 Å². The zero-order valence-electron chi connectivity index (χ0n) is 9.96. The Morgan fingerprint density at radius 1 is 1.61 bits per heavy atom. The molecule has 1 aromatic rings. The zero-order chi connectivity index (χ0) is 13.5. The number of nitrogens with zero attached hydrogens (tertiary/aromatic N) is 2. The number of carboxylic acid groups (broad SMARTS) is 1. The van der Waals surface area contributed by atoms with E-state index in [0.717, 1.165) is 0 Å². The van der Waals surface area contributed by atoms with E-state index in [1.165, 1.54) is 24.5 Å². The fourth-order valence-electron chi connectivity index (χ4n) is 1.33. The van der Waals surface area contributed by atoms with Crippen LogP contribution in [-0.4, -0.2) is 63.3 Å². The Morgan fingerprint density at radius 3 is 2.83 bits per heavy atom. The first kappa shape index (κ1) is 14.0. The largest absolute Gasteiger partial charge is 0.480 e. The summed E-state index contributed by atoms with van der Waals surface area (Å²) in [6, 6.07) is -1.59. The van der Waals surface area contributed by atoms with Crippen LogP contribution in [0.25, 0.3) is 0 Å². The maximum absolute atomic E-state index is 11.6. The number of aliphatic hydroxyl groups excluding tert-OH is 1. The van der Waals surface area contributed by atoms with Gasteiger partial charge < -0.3 is 25.4 Å². The second-order valence-electron chi connectivity index (χ2n) is 3.77. The number of aliphatic carboxylic acids is 1. The van der Waals surface area contributed by atoms with E-state index in [9.17, 15) is 9.59 Å². The summed E-state index contributed by atoms with van der Waals surface area (Å²) in [5.74, 6) is -1.13. The normalized spacial score (nSPS) is 11.9. The molecule has 2 amide bonds. The van der Waals surface area contributed by atoms with Crippen LogP contribution in [0.15, 0.2) is 12.5 Å². The van der Waals surface area contributed by atoms with Crippen molar-refractivity contribution in [3.05, 3.63) is 18.2 Å². The molecule has 0 saturated heterocycles. The number of aromatic nitrogens is 2. The van der Waals surface area contributed by atoms with Gasteiger partial charge in [0, 0.05) is 31.9 Å². The Labute approximate surface area is 104 Å². The summed E-state index contributed by atoms with van der Waals surface area (Å²) in [5, 5.41) is 20.1. The number of aromatic amines is 1. The molecule has 4 N–H and O–H groups in total. The van der Waals surface area contributed by atoms with Crippen molar-refractivity contribution in [3.8, 4) is 0 Å². The van der Waals surface area contributed by atoms with Gasteiger partial charge in [-0.3, -0.25) is 0 Å². The van der Waals surface area contributed by atoms with Gasteiger partial charge in [-0.1, -0.05) is 0 Å². The van der Waals surface area contributed by atoms with E-state index >= 15 is 0 Å². The average Bonchev–Trinajstić information content (AvgIpc) is 2.81. The number of imidazole rings is 1. The molecule has 0 aliphatic rings. The van der Waals surface area contributed by atoms with Crippen molar-refractivity contribution in [3.63, 3.8) is 0 Å². The number of H-pyrrole nitrogens is 1. The number of likely N-dealkylation sites (N-methyl/N-ethyl adjacent to an activating group) is 1. The van der Waals surface area contributed by atoms with Crippen LogP contribution >= 0.6 is 0 Å². The molecule has 0 bridgehead atoms. The second kappa shape index (κ2) is 6.60. The molecule has 0 fully saturated rings. The van der Waals surface area contributed by atoms with Gasteiger partial charge in [0.15, 0.2) is 0 Å². The summed E-state index contributed by atoms with van der Waals surface area (Å²) in [6.07, 6.45) is 3.06. The van der Waals surface area contributed by atoms with Gasteiger partial charge in [-0.15, -0.1) is 0 Å². The molecule has 0 aliphatic carbocycles. The van der Waals surface area contributed by atoms with Crippen LogP contribution in [-0.2, 0) is 11.2 Å². The minimum absolute atomic E-state index is 0.119. The number of hydrogen-bond donors (Lipinski definition) is 4. The third-order valence-corrected chi connectivity index (χ3v) is 2.36. The average molecular weight is 256 g/mol. The van der Waals surface area contributed by atoms with Gasteiger partial charge in [-0.25, -0.2) is 14.6 Å². The van der Waals surface area contributed by atoms with Crippen molar-refractivity contribution in [2.45, 2.75) is 12.5 Å². The Morgan fingerprint density at radius 2 is 2.33 bits per heavy atom. The summed E-state index contributed by atoms with van der Waals surface area (Å²) in [6.45, 7) is -0.0373. The van der Waals surface area contributed by atoms with Crippen LogP contribution in [0.5, 0.6) is 0 Å². The fourth-order valence-corrected chi connectivity index (χ4v) is 1.33. The summed E-state index contributed by atoms with van der Waals surface area (Å²) in [4.78, 5) is 30.4. The van der Waals surface area contributed by atoms with Gasteiger partial charge in [0.1, 0.15) is 6.04 Å². The van der Waals surface area contributed by atoms with Gasteiger partial charge in [0.05, 0.1) is 12.9 Å². The third-order valence-electron chi connectivity index (χ3n) is 2.36. The number of carboxylic acids is 1. The molecule has 0 aliphatic heterocycles. The maximum Gasteiger partial charge on any atom is 0.326 e. The smallest absolute Gasteiger partial charge is 0.326 e. The van der Waals surface area contributed by atoms with Gasteiger partial charge in [-0.05, 0) is 0 Å². The lowest BCUT2D eigenvalue weighted by molar-refractivity contribution is -0.139. The van der Waals surface area contributed by atoms with E-state index in [-0.39, 0.29) is 19.6 Å². The molecule has 8 nitrogen and oxygen atoms in total. The number of urea groups is 1. The molecule has 100 valence electrons. The SMILES string of the molecule is CN(CCO)C(=O)NC(Cc1cnc[nH]1)C(=O)O. The lowest BCUT2D eigenvalue weighted by Gasteiger charge is -2.20. The number of aliphatic hydroxyl groups is 1. The molecule has 0 radical (unpaired) electrons. The molecule has 1 rings (SSSR count). The molecule has 1 heterocycles. The predicted octanol–water partition coefficient (Wildman–Crippen LogP) is -0.961. The molecule has 0 aromatic carbocycles. The molecular weight excluding hydrogens is 240 g/mol. The molecule has 1 atom stereocenters. The molecule has 18 heavy (non-hydrogen) atoms. The second-order valence-corrected chi connectivity index (χ2v) is 3.77. The Hall–Kier alpha value is -2.09. The number of carbonyl (C=O) groups excluding carboxylic acids is 1. The first-order chi connectivity index (χ1) is 8.54. The van der Waals surface area contributed by atoms with E-state index in [1.807, 2.05) is 0 Å². The van der Waals surface area contributed by atoms with Crippen molar-refractivity contribution >= 4 is 12.0 Å². The lowest BCUT2D eigenvalue weighted by Crippen LogP contribution is -2.48. The molecule has 0 saturated carbocycles. The van der Waals surface area contributed by atoms with Crippen molar-refractivity contribution in [1.29, 1.82) is 0 Å². The topological polar surface area (TPSA) is 119 Å². The number of rotatable bonds is 6. The molecule has 1 unspecified atom stereocenters.